The van der Waals surface area contributed by atoms with Crippen LogP contribution in [-0.2, 0) is 30.7 Å². The summed E-state index contributed by atoms with van der Waals surface area (Å²) < 4.78 is 12.3. The fourth-order valence-electron chi connectivity index (χ4n) is 7.33. The van der Waals surface area contributed by atoms with Gasteiger partial charge in [0, 0.05) is 0 Å². The molecule has 48 heavy (non-hydrogen) atoms. The molecule has 0 aromatic heterocycles. The molecule has 0 N–H and O–H groups in total. The minimum Gasteiger partial charge on any atom is -1.00 e. The van der Waals surface area contributed by atoms with E-state index in [2.05, 4.69) is 79.3 Å². The molecule has 2 atom stereocenters. The maximum absolute atomic E-state index is 5.47. The topological polar surface area (TPSA) is 18.5 Å². The van der Waals surface area contributed by atoms with E-state index >= 15 is 0 Å². The largest absolute Gasteiger partial charge is 1.00 e. The van der Waals surface area contributed by atoms with Crippen LogP contribution >= 0.6 is 0 Å². The first-order valence-electron chi connectivity index (χ1n) is 17.0. The van der Waals surface area contributed by atoms with Gasteiger partial charge in [-0.3, -0.25) is 6.08 Å². The third-order valence-corrected chi connectivity index (χ3v) is 10.8. The molecule has 0 saturated heterocycles. The van der Waals surface area contributed by atoms with Crippen LogP contribution in [0, 0.1) is 24.3 Å². The van der Waals surface area contributed by atoms with Gasteiger partial charge in [-0.2, -0.15) is 11.6 Å². The molecule has 248 valence electrons. The molecular formula is C43H44Cl2O2Zr-2. The van der Waals surface area contributed by atoms with Crippen molar-refractivity contribution >= 4 is 8.78 Å². The molecule has 8 rings (SSSR count). The number of rotatable bonds is 6. The minimum atomic E-state index is 0. The molecule has 5 aliphatic carbocycles. The van der Waals surface area contributed by atoms with Crippen LogP contribution in [0.2, 0.25) is 0 Å². The molecule has 0 spiro atoms. The molecule has 0 amide bonds. The quantitative estimate of drug-likeness (QED) is 0.352. The summed E-state index contributed by atoms with van der Waals surface area (Å²) in [5, 5.41) is 0. The SMILES string of the molecule is C1=CC2=C3C(=C4[CH-]CCCC4C2CC1)Cc1ccccc13.CCOc1ccc([C](=[Zr+2])c2ccc(OCC)cc2)cc1.[C-]1=CC=CC1.[Cl-].[Cl-]. The van der Waals surface area contributed by atoms with E-state index in [1.54, 1.807) is 27.9 Å². The number of halogens is 2. The summed E-state index contributed by atoms with van der Waals surface area (Å²) in [6.07, 6.45) is 25.3. The second-order valence-electron chi connectivity index (χ2n) is 12.2. The van der Waals surface area contributed by atoms with Crippen molar-refractivity contribution in [2.75, 3.05) is 13.2 Å². The number of fused-ring (bicyclic) bond motifs is 6. The number of ether oxygens (including phenoxy) is 2. The first kappa shape index (κ1) is 38.0. The molecular weight excluding hydrogens is 711 g/mol. The summed E-state index contributed by atoms with van der Waals surface area (Å²) in [6, 6.07) is 25.6. The molecule has 0 radical (unpaired) electrons. The third kappa shape index (κ3) is 8.84. The molecule has 5 heteroatoms. The van der Waals surface area contributed by atoms with Crippen LogP contribution in [0.5, 0.6) is 11.5 Å². The maximum Gasteiger partial charge on any atom is -0.109 e. The zero-order valence-electron chi connectivity index (χ0n) is 28.0. The van der Waals surface area contributed by atoms with Crippen LogP contribution in [-0.4, -0.2) is 16.4 Å². The average Bonchev–Trinajstić information content (AvgIpc) is 3.82. The summed E-state index contributed by atoms with van der Waals surface area (Å²) in [4.78, 5) is 0. The molecule has 0 bridgehead atoms. The Morgan fingerprint density at radius 2 is 1.50 bits per heavy atom. The van der Waals surface area contributed by atoms with Crippen LogP contribution in [0.15, 0.2) is 120 Å². The van der Waals surface area contributed by atoms with Gasteiger partial charge in [-0.25, -0.2) is 24.1 Å². The first-order valence-corrected chi connectivity index (χ1v) is 18.2. The first-order chi connectivity index (χ1) is 22.7. The summed E-state index contributed by atoms with van der Waals surface area (Å²) >= 11 is 1.40. The Bertz CT molecular complexity index is 1620. The van der Waals surface area contributed by atoms with Crippen molar-refractivity contribution in [3.05, 3.63) is 155 Å². The summed E-state index contributed by atoms with van der Waals surface area (Å²) in [7, 11) is 0. The Morgan fingerprint density at radius 3 is 2.08 bits per heavy atom. The number of allylic oxidation sites excluding steroid dienone is 10. The molecule has 3 aromatic carbocycles. The van der Waals surface area contributed by atoms with Crippen LogP contribution < -0.4 is 34.3 Å². The van der Waals surface area contributed by atoms with Gasteiger partial charge in [0.25, 0.3) is 0 Å². The Kier molecular flexibility index (Phi) is 14.9. The number of benzene rings is 3. The molecule has 0 heterocycles. The summed E-state index contributed by atoms with van der Waals surface area (Å²) in [5.41, 5.74) is 12.2. The van der Waals surface area contributed by atoms with Gasteiger partial charge in [0.15, 0.2) is 0 Å². The summed E-state index contributed by atoms with van der Waals surface area (Å²) in [5.74, 6) is 3.44. The van der Waals surface area contributed by atoms with Crippen LogP contribution in [0.1, 0.15) is 74.6 Å². The predicted molar refractivity (Wildman–Crippen MR) is 188 cm³/mol. The number of hydrogen-bond acceptors (Lipinski definition) is 2. The van der Waals surface area contributed by atoms with Crippen molar-refractivity contribution in [3.63, 3.8) is 0 Å². The van der Waals surface area contributed by atoms with E-state index < -0.39 is 0 Å². The molecule has 2 nitrogen and oxygen atoms in total. The van der Waals surface area contributed by atoms with E-state index in [0.717, 1.165) is 36.2 Å². The Balaban J connectivity index is 0.000000183. The second kappa shape index (κ2) is 18.8. The van der Waals surface area contributed by atoms with Crippen LogP contribution in [0.4, 0.5) is 0 Å². The van der Waals surface area contributed by atoms with Gasteiger partial charge >= 0.3 is 135 Å². The van der Waals surface area contributed by atoms with Gasteiger partial charge < -0.3 is 24.8 Å². The average molecular weight is 755 g/mol. The monoisotopic (exact) mass is 752 g/mol. The van der Waals surface area contributed by atoms with Crippen molar-refractivity contribution in [1.29, 1.82) is 0 Å². The molecule has 5 aliphatic rings. The molecule has 1 fully saturated rings. The van der Waals surface area contributed by atoms with Gasteiger partial charge in [0.05, 0.1) is 0 Å². The van der Waals surface area contributed by atoms with Crippen LogP contribution in [0.3, 0.4) is 0 Å². The fourth-order valence-corrected chi connectivity index (χ4v) is 8.15. The molecule has 3 aromatic rings. The molecule has 2 unspecified atom stereocenters. The van der Waals surface area contributed by atoms with E-state index in [0.29, 0.717) is 13.2 Å². The smallest absolute Gasteiger partial charge is 0.109 e. The molecule has 1 saturated carbocycles. The van der Waals surface area contributed by atoms with Crippen molar-refractivity contribution in [2.45, 2.75) is 58.8 Å². The Hall–Kier alpha value is -2.84. The van der Waals surface area contributed by atoms with Crippen LogP contribution in [0.25, 0.3) is 5.57 Å². The van der Waals surface area contributed by atoms with Gasteiger partial charge in [-0.05, 0) is 36.7 Å². The van der Waals surface area contributed by atoms with E-state index in [4.69, 9.17) is 9.47 Å². The zero-order chi connectivity index (χ0) is 31.7. The van der Waals surface area contributed by atoms with E-state index in [9.17, 15) is 0 Å². The Morgan fingerprint density at radius 1 is 0.833 bits per heavy atom. The third-order valence-electron chi connectivity index (χ3n) is 9.40. The fraction of sp³-hybridized carbons (Fsp3) is 0.302. The van der Waals surface area contributed by atoms with Gasteiger partial charge in [-0.15, -0.1) is 12.8 Å². The summed E-state index contributed by atoms with van der Waals surface area (Å²) in [6.45, 7) is 5.39. The number of hydrogen-bond donors (Lipinski definition) is 0. The second-order valence-corrected chi connectivity index (χ2v) is 13.4. The molecule has 0 aliphatic heterocycles. The normalized spacial score (nSPS) is 19.0. The van der Waals surface area contributed by atoms with Crippen molar-refractivity contribution in [2.24, 2.45) is 11.8 Å². The minimum absolute atomic E-state index is 0. The van der Waals surface area contributed by atoms with E-state index in [1.165, 1.54) is 76.2 Å². The van der Waals surface area contributed by atoms with E-state index in [-0.39, 0.29) is 24.8 Å². The standard InChI is InChI=1S/C21H21.C17H18O2.C5H5.2ClH.Zr/c1-2-8-15-14(7-1)13-20-18-11-4-3-9-16(18)17-10-5-6-12-19(17)21(15)20;1-3-18-16-9-5-14(6-10-16)13-15-7-11-17(12-8-15)19-4-2;1-2-4-5-3-1;;;/h1-2,6-8,11-12,16-17H,3-5,9-10,13H2;5-12H,3-4H2,1-2H3;1-3H,4H2;2*1H;/q-1;;-1;;;+2/p-2. The van der Waals surface area contributed by atoms with Crippen molar-refractivity contribution in [1.82, 2.24) is 0 Å². The predicted octanol–water partition coefficient (Wildman–Crippen LogP) is 4.19. The van der Waals surface area contributed by atoms with Crippen molar-refractivity contribution in [3.8, 4) is 11.5 Å². The maximum atomic E-state index is 5.47. The van der Waals surface area contributed by atoms with Gasteiger partial charge in [-0.1, -0.05) is 66.0 Å². The zero-order valence-corrected chi connectivity index (χ0v) is 32.0. The van der Waals surface area contributed by atoms with Crippen molar-refractivity contribution < 1.29 is 58.5 Å². The van der Waals surface area contributed by atoms with Gasteiger partial charge in [0.2, 0.25) is 0 Å². The van der Waals surface area contributed by atoms with Gasteiger partial charge in [0.1, 0.15) is 0 Å². The van der Waals surface area contributed by atoms with E-state index in [1.807, 2.05) is 50.3 Å². The Labute approximate surface area is 315 Å².